The lowest BCUT2D eigenvalue weighted by Crippen LogP contribution is -2.37. The van der Waals surface area contributed by atoms with E-state index < -0.39 is 0 Å². The Bertz CT molecular complexity index is 868. The summed E-state index contributed by atoms with van der Waals surface area (Å²) in [6, 6.07) is 9.17. The van der Waals surface area contributed by atoms with Gasteiger partial charge in [-0.2, -0.15) is 0 Å². The molecule has 0 saturated carbocycles. The number of amides is 2. The van der Waals surface area contributed by atoms with Gasteiger partial charge >= 0.3 is 0 Å². The third-order valence-electron chi connectivity index (χ3n) is 4.45. The van der Waals surface area contributed by atoms with Crippen LogP contribution in [0.15, 0.2) is 34.8 Å². The zero-order valence-electron chi connectivity index (χ0n) is 16.5. The standard InChI is InChI=1S/C21H25BrN2O4/c1-13-5-6-16(9-14(13)2)21(26)24-12-20(25)23-8-7-15-10-18(27-3)19(28-4)11-17(15)22/h5-6,9-11H,7-8,12H2,1-4H3,(H,23,25)(H,24,26). The molecular weight excluding hydrogens is 424 g/mol. The zero-order valence-corrected chi connectivity index (χ0v) is 18.1. The fourth-order valence-electron chi connectivity index (χ4n) is 2.63. The fourth-order valence-corrected chi connectivity index (χ4v) is 3.15. The minimum atomic E-state index is -0.263. The Hall–Kier alpha value is -2.54. The van der Waals surface area contributed by atoms with E-state index in [1.807, 2.05) is 38.1 Å². The number of nitrogens with one attached hydrogen (secondary N) is 2. The maximum Gasteiger partial charge on any atom is 0.251 e. The van der Waals surface area contributed by atoms with Crippen molar-refractivity contribution in [1.82, 2.24) is 10.6 Å². The maximum absolute atomic E-state index is 12.2. The van der Waals surface area contributed by atoms with Gasteiger partial charge in [-0.3, -0.25) is 9.59 Å². The summed E-state index contributed by atoms with van der Waals surface area (Å²) < 4.78 is 11.4. The number of ether oxygens (including phenoxy) is 2. The Balaban J connectivity index is 1.83. The van der Waals surface area contributed by atoms with Crippen LogP contribution in [0.1, 0.15) is 27.0 Å². The van der Waals surface area contributed by atoms with Crippen LogP contribution in [0, 0.1) is 13.8 Å². The van der Waals surface area contributed by atoms with Gasteiger partial charge in [-0.25, -0.2) is 0 Å². The first-order valence-corrected chi connectivity index (χ1v) is 9.67. The van der Waals surface area contributed by atoms with E-state index in [0.29, 0.717) is 30.0 Å². The Morgan fingerprint density at radius 1 is 0.964 bits per heavy atom. The van der Waals surface area contributed by atoms with E-state index in [2.05, 4.69) is 26.6 Å². The van der Waals surface area contributed by atoms with Crippen LogP contribution < -0.4 is 20.1 Å². The molecule has 2 amide bonds. The van der Waals surface area contributed by atoms with E-state index in [0.717, 1.165) is 21.2 Å². The molecule has 7 heteroatoms. The molecule has 6 nitrogen and oxygen atoms in total. The lowest BCUT2D eigenvalue weighted by Gasteiger charge is -2.12. The second kappa shape index (κ2) is 10.1. The molecule has 0 aromatic heterocycles. The average molecular weight is 449 g/mol. The number of hydrogen-bond donors (Lipinski definition) is 2. The molecule has 2 aromatic carbocycles. The van der Waals surface area contributed by atoms with Crippen LogP contribution in [0.5, 0.6) is 11.5 Å². The van der Waals surface area contributed by atoms with Crippen molar-refractivity contribution in [1.29, 1.82) is 0 Å². The highest BCUT2D eigenvalue weighted by Crippen LogP contribution is 2.33. The number of hydrogen-bond acceptors (Lipinski definition) is 4. The van der Waals surface area contributed by atoms with E-state index in [4.69, 9.17) is 9.47 Å². The molecule has 0 aliphatic rings. The van der Waals surface area contributed by atoms with Crippen molar-refractivity contribution < 1.29 is 19.1 Å². The number of rotatable bonds is 8. The Morgan fingerprint density at radius 3 is 2.29 bits per heavy atom. The van der Waals surface area contributed by atoms with Crippen LogP contribution in [-0.2, 0) is 11.2 Å². The van der Waals surface area contributed by atoms with Crippen LogP contribution in [0.4, 0.5) is 0 Å². The van der Waals surface area contributed by atoms with Gasteiger partial charge in [0, 0.05) is 16.6 Å². The van der Waals surface area contributed by atoms with Crippen molar-refractivity contribution in [2.45, 2.75) is 20.3 Å². The smallest absolute Gasteiger partial charge is 0.251 e. The van der Waals surface area contributed by atoms with Gasteiger partial charge in [0.15, 0.2) is 11.5 Å². The molecule has 0 bridgehead atoms. The molecule has 28 heavy (non-hydrogen) atoms. The van der Waals surface area contributed by atoms with Gasteiger partial charge in [0.1, 0.15) is 0 Å². The number of aryl methyl sites for hydroxylation is 2. The predicted octanol–water partition coefficient (Wildman–Crippen LogP) is 3.17. The molecule has 0 aliphatic carbocycles. The van der Waals surface area contributed by atoms with Crippen LogP contribution >= 0.6 is 15.9 Å². The Morgan fingerprint density at radius 2 is 1.64 bits per heavy atom. The quantitative estimate of drug-likeness (QED) is 0.649. The molecule has 0 saturated heterocycles. The first-order chi connectivity index (χ1) is 13.3. The van der Waals surface area contributed by atoms with Crippen molar-refractivity contribution in [3.8, 4) is 11.5 Å². The lowest BCUT2D eigenvalue weighted by atomic mass is 10.1. The summed E-state index contributed by atoms with van der Waals surface area (Å²) >= 11 is 3.50. The second-order valence-electron chi connectivity index (χ2n) is 6.38. The van der Waals surface area contributed by atoms with Gasteiger partial charge in [-0.1, -0.05) is 22.0 Å². The van der Waals surface area contributed by atoms with E-state index in [1.54, 1.807) is 20.3 Å². The molecule has 2 rings (SSSR count). The maximum atomic E-state index is 12.2. The first kappa shape index (κ1) is 21.8. The monoisotopic (exact) mass is 448 g/mol. The van der Waals surface area contributed by atoms with Gasteiger partial charge in [0.05, 0.1) is 20.8 Å². The largest absolute Gasteiger partial charge is 0.493 e. The fraction of sp³-hybridized carbons (Fsp3) is 0.333. The average Bonchev–Trinajstić information content (AvgIpc) is 2.69. The lowest BCUT2D eigenvalue weighted by molar-refractivity contribution is -0.120. The number of carbonyl (C=O) groups excluding carboxylic acids is 2. The molecule has 2 aromatic rings. The van der Waals surface area contributed by atoms with Crippen molar-refractivity contribution in [2.75, 3.05) is 27.3 Å². The third kappa shape index (κ3) is 5.73. The molecular formula is C21H25BrN2O4. The summed E-state index contributed by atoms with van der Waals surface area (Å²) in [5.41, 5.74) is 3.69. The van der Waals surface area contributed by atoms with Crippen LogP contribution in [0.2, 0.25) is 0 Å². The van der Waals surface area contributed by atoms with Gasteiger partial charge in [0.25, 0.3) is 5.91 Å². The zero-order chi connectivity index (χ0) is 20.7. The van der Waals surface area contributed by atoms with Crippen LogP contribution in [0.25, 0.3) is 0 Å². The minimum Gasteiger partial charge on any atom is -0.493 e. The summed E-state index contributed by atoms with van der Waals surface area (Å²) in [5, 5.41) is 5.45. The highest BCUT2D eigenvalue weighted by atomic mass is 79.9. The Kier molecular flexibility index (Phi) is 7.87. The molecule has 150 valence electrons. The third-order valence-corrected chi connectivity index (χ3v) is 5.19. The molecule has 0 atom stereocenters. The van der Waals surface area contributed by atoms with E-state index >= 15 is 0 Å². The van der Waals surface area contributed by atoms with Crippen molar-refractivity contribution in [3.63, 3.8) is 0 Å². The SMILES string of the molecule is COc1cc(Br)c(CCNC(=O)CNC(=O)c2ccc(C)c(C)c2)cc1OC. The molecule has 0 unspecified atom stereocenters. The van der Waals surface area contributed by atoms with E-state index in [-0.39, 0.29) is 18.4 Å². The molecule has 0 aliphatic heterocycles. The summed E-state index contributed by atoms with van der Waals surface area (Å²) in [6.07, 6.45) is 0.609. The summed E-state index contributed by atoms with van der Waals surface area (Å²) in [4.78, 5) is 24.2. The molecule has 0 fully saturated rings. The normalized spacial score (nSPS) is 10.3. The van der Waals surface area contributed by atoms with Gasteiger partial charge in [-0.15, -0.1) is 0 Å². The molecule has 0 spiro atoms. The van der Waals surface area contributed by atoms with Crippen molar-refractivity contribution >= 4 is 27.7 Å². The molecule has 0 heterocycles. The minimum absolute atomic E-state index is 0.0706. The highest BCUT2D eigenvalue weighted by molar-refractivity contribution is 9.10. The summed E-state index contributed by atoms with van der Waals surface area (Å²) in [7, 11) is 3.16. The topological polar surface area (TPSA) is 76.7 Å². The number of halogens is 1. The van der Waals surface area contributed by atoms with Gasteiger partial charge in [-0.05, 0) is 61.2 Å². The van der Waals surface area contributed by atoms with Crippen LogP contribution in [0.3, 0.4) is 0 Å². The van der Waals surface area contributed by atoms with Crippen molar-refractivity contribution in [2.24, 2.45) is 0 Å². The summed E-state index contributed by atoms with van der Waals surface area (Å²) in [6.45, 7) is 4.30. The second-order valence-corrected chi connectivity index (χ2v) is 7.23. The predicted molar refractivity (Wildman–Crippen MR) is 112 cm³/mol. The molecule has 0 radical (unpaired) electrons. The van der Waals surface area contributed by atoms with Gasteiger partial charge in [0.2, 0.25) is 5.91 Å². The van der Waals surface area contributed by atoms with Gasteiger partial charge < -0.3 is 20.1 Å². The number of methoxy groups -OCH3 is 2. The number of benzene rings is 2. The molecule has 2 N–H and O–H groups in total. The van der Waals surface area contributed by atoms with Crippen molar-refractivity contribution in [3.05, 3.63) is 57.1 Å². The van der Waals surface area contributed by atoms with E-state index in [9.17, 15) is 9.59 Å². The van der Waals surface area contributed by atoms with E-state index in [1.165, 1.54) is 0 Å². The first-order valence-electron chi connectivity index (χ1n) is 8.88. The summed E-state index contributed by atoms with van der Waals surface area (Å²) in [5.74, 6) is 0.763. The highest BCUT2D eigenvalue weighted by Gasteiger charge is 2.11. The number of carbonyl (C=O) groups is 2. The van der Waals surface area contributed by atoms with Crippen LogP contribution in [-0.4, -0.2) is 39.1 Å². The Labute approximate surface area is 173 Å².